The highest BCUT2D eigenvalue weighted by atomic mass is 14.9. The monoisotopic (exact) mass is 540 g/mol. The van der Waals surface area contributed by atoms with Gasteiger partial charge in [-0.05, 0) is 53.9 Å². The van der Waals surface area contributed by atoms with Crippen molar-refractivity contribution in [2.75, 3.05) is 0 Å². The van der Waals surface area contributed by atoms with E-state index in [9.17, 15) is 0 Å². The SMILES string of the molecule is Cc1cc(C)nc(-c2cccc(-c3cc(-c4ccccc4)nc(-c4ccc(-c5cccc6ccccc56)cc4)n3)c2)n1. The zero-order valence-electron chi connectivity index (χ0n) is 23.5. The Hall–Kier alpha value is -5.48. The topological polar surface area (TPSA) is 51.6 Å². The van der Waals surface area contributed by atoms with Crippen molar-refractivity contribution in [3.05, 3.63) is 145 Å². The van der Waals surface area contributed by atoms with Crippen LogP contribution in [0.3, 0.4) is 0 Å². The quantitative estimate of drug-likeness (QED) is 0.218. The van der Waals surface area contributed by atoms with Crippen LogP contribution in [0, 0.1) is 13.8 Å². The average Bonchev–Trinajstić information content (AvgIpc) is 3.04. The summed E-state index contributed by atoms with van der Waals surface area (Å²) in [7, 11) is 0. The highest BCUT2D eigenvalue weighted by Gasteiger charge is 2.13. The number of fused-ring (bicyclic) bond motifs is 1. The molecule has 0 saturated carbocycles. The highest BCUT2D eigenvalue weighted by Crippen LogP contribution is 2.32. The van der Waals surface area contributed by atoms with Crippen molar-refractivity contribution >= 4 is 10.8 Å². The van der Waals surface area contributed by atoms with E-state index in [1.54, 1.807) is 0 Å². The lowest BCUT2D eigenvalue weighted by Crippen LogP contribution is -1.97. The Balaban J connectivity index is 1.32. The number of hydrogen-bond acceptors (Lipinski definition) is 4. The molecule has 42 heavy (non-hydrogen) atoms. The molecule has 4 heteroatoms. The normalized spacial score (nSPS) is 11.1. The van der Waals surface area contributed by atoms with Gasteiger partial charge < -0.3 is 0 Å². The molecule has 4 nitrogen and oxygen atoms in total. The fourth-order valence-electron chi connectivity index (χ4n) is 5.43. The summed E-state index contributed by atoms with van der Waals surface area (Å²) < 4.78 is 0. The lowest BCUT2D eigenvalue weighted by atomic mass is 9.97. The third-order valence-corrected chi connectivity index (χ3v) is 7.44. The van der Waals surface area contributed by atoms with Crippen LogP contribution in [0.15, 0.2) is 133 Å². The Morgan fingerprint density at radius 3 is 1.74 bits per heavy atom. The molecule has 0 aliphatic rings. The molecule has 0 aliphatic heterocycles. The summed E-state index contributed by atoms with van der Waals surface area (Å²) >= 11 is 0. The molecule has 0 spiro atoms. The highest BCUT2D eigenvalue weighted by molar-refractivity contribution is 5.96. The van der Waals surface area contributed by atoms with Gasteiger partial charge in [0.25, 0.3) is 0 Å². The van der Waals surface area contributed by atoms with Gasteiger partial charge in [-0.15, -0.1) is 0 Å². The molecular weight excluding hydrogens is 512 g/mol. The molecule has 200 valence electrons. The molecule has 0 saturated heterocycles. The van der Waals surface area contributed by atoms with E-state index in [4.69, 9.17) is 9.97 Å². The van der Waals surface area contributed by atoms with Gasteiger partial charge >= 0.3 is 0 Å². The number of aryl methyl sites for hydroxylation is 2. The molecule has 0 unspecified atom stereocenters. The van der Waals surface area contributed by atoms with E-state index >= 15 is 0 Å². The van der Waals surface area contributed by atoms with E-state index in [2.05, 4.69) is 107 Å². The van der Waals surface area contributed by atoms with Gasteiger partial charge in [-0.2, -0.15) is 0 Å². The number of benzene rings is 5. The van der Waals surface area contributed by atoms with Crippen LogP contribution in [0.25, 0.3) is 67.2 Å². The van der Waals surface area contributed by atoms with Crippen LogP contribution in [0.4, 0.5) is 0 Å². The Labute approximate surface area is 245 Å². The van der Waals surface area contributed by atoms with E-state index in [0.29, 0.717) is 5.82 Å². The van der Waals surface area contributed by atoms with Crippen molar-refractivity contribution in [3.63, 3.8) is 0 Å². The maximum absolute atomic E-state index is 5.07. The first-order valence-electron chi connectivity index (χ1n) is 14.1. The molecule has 0 amide bonds. The molecule has 7 rings (SSSR count). The minimum atomic E-state index is 0.684. The van der Waals surface area contributed by atoms with Crippen LogP contribution in [0.2, 0.25) is 0 Å². The standard InChI is InChI=1S/C38H28N4/c1-25-22-26(2)40-38(39-25)32-15-8-14-31(23-32)36-24-35(29-11-4-3-5-12-29)41-37(42-36)30-20-18-28(19-21-30)34-17-9-13-27-10-6-7-16-33(27)34/h3-24H,1-2H3. The van der Waals surface area contributed by atoms with Gasteiger partial charge in [0.2, 0.25) is 0 Å². The van der Waals surface area contributed by atoms with Crippen LogP contribution in [-0.4, -0.2) is 19.9 Å². The lowest BCUT2D eigenvalue weighted by molar-refractivity contribution is 1.06. The Bertz CT molecular complexity index is 2020. The predicted molar refractivity (Wildman–Crippen MR) is 172 cm³/mol. The summed E-state index contributed by atoms with van der Waals surface area (Å²) in [6, 6.07) is 46.1. The first-order valence-corrected chi connectivity index (χ1v) is 14.1. The Kier molecular flexibility index (Phi) is 6.57. The second kappa shape index (κ2) is 10.8. The molecule has 0 atom stereocenters. The van der Waals surface area contributed by atoms with Crippen molar-refractivity contribution in [1.29, 1.82) is 0 Å². The van der Waals surface area contributed by atoms with Crippen molar-refractivity contribution in [1.82, 2.24) is 19.9 Å². The van der Waals surface area contributed by atoms with E-state index in [1.807, 2.05) is 50.2 Å². The smallest absolute Gasteiger partial charge is 0.160 e. The Morgan fingerprint density at radius 1 is 0.381 bits per heavy atom. The molecule has 0 bridgehead atoms. The van der Waals surface area contributed by atoms with E-state index in [1.165, 1.54) is 16.3 Å². The van der Waals surface area contributed by atoms with Gasteiger partial charge in [-0.25, -0.2) is 19.9 Å². The van der Waals surface area contributed by atoms with Crippen LogP contribution in [0.1, 0.15) is 11.4 Å². The van der Waals surface area contributed by atoms with Gasteiger partial charge in [0.1, 0.15) is 0 Å². The van der Waals surface area contributed by atoms with E-state index < -0.39 is 0 Å². The molecular formula is C38H28N4. The summed E-state index contributed by atoms with van der Waals surface area (Å²) in [5.74, 6) is 1.40. The Morgan fingerprint density at radius 2 is 0.952 bits per heavy atom. The zero-order valence-corrected chi connectivity index (χ0v) is 23.5. The number of nitrogens with zero attached hydrogens (tertiary/aromatic N) is 4. The molecule has 5 aromatic carbocycles. The van der Waals surface area contributed by atoms with Crippen molar-refractivity contribution < 1.29 is 0 Å². The van der Waals surface area contributed by atoms with Gasteiger partial charge in [0.05, 0.1) is 11.4 Å². The van der Waals surface area contributed by atoms with Gasteiger partial charge in [-0.1, -0.05) is 115 Å². The van der Waals surface area contributed by atoms with E-state index in [-0.39, 0.29) is 0 Å². The minimum absolute atomic E-state index is 0.684. The third-order valence-electron chi connectivity index (χ3n) is 7.44. The van der Waals surface area contributed by atoms with Crippen molar-refractivity contribution in [2.24, 2.45) is 0 Å². The van der Waals surface area contributed by atoms with Gasteiger partial charge in [0, 0.05) is 33.6 Å². The zero-order chi connectivity index (χ0) is 28.5. The van der Waals surface area contributed by atoms with Crippen molar-refractivity contribution in [3.8, 4) is 56.4 Å². The molecule has 0 radical (unpaired) electrons. The van der Waals surface area contributed by atoms with Crippen LogP contribution in [-0.2, 0) is 0 Å². The van der Waals surface area contributed by atoms with Crippen LogP contribution >= 0.6 is 0 Å². The summed E-state index contributed by atoms with van der Waals surface area (Å²) in [4.78, 5) is 19.4. The molecule has 7 aromatic rings. The number of rotatable bonds is 5. The fourth-order valence-corrected chi connectivity index (χ4v) is 5.43. The minimum Gasteiger partial charge on any atom is -0.233 e. The first-order chi connectivity index (χ1) is 20.6. The van der Waals surface area contributed by atoms with Crippen LogP contribution in [0.5, 0.6) is 0 Å². The maximum atomic E-state index is 5.07. The fraction of sp³-hybridized carbons (Fsp3) is 0.0526. The van der Waals surface area contributed by atoms with E-state index in [0.717, 1.165) is 56.4 Å². The van der Waals surface area contributed by atoms with Gasteiger partial charge in [0.15, 0.2) is 11.6 Å². The number of aromatic nitrogens is 4. The number of hydrogen-bond donors (Lipinski definition) is 0. The lowest BCUT2D eigenvalue weighted by Gasteiger charge is -2.11. The largest absolute Gasteiger partial charge is 0.233 e. The average molecular weight is 541 g/mol. The molecule has 2 heterocycles. The second-order valence-corrected chi connectivity index (χ2v) is 10.5. The van der Waals surface area contributed by atoms with Crippen molar-refractivity contribution in [2.45, 2.75) is 13.8 Å². The maximum Gasteiger partial charge on any atom is 0.160 e. The summed E-state index contributed by atoms with van der Waals surface area (Å²) in [5, 5.41) is 2.47. The summed E-state index contributed by atoms with van der Waals surface area (Å²) in [6.45, 7) is 3.99. The second-order valence-electron chi connectivity index (χ2n) is 10.5. The molecule has 0 N–H and O–H groups in total. The summed E-state index contributed by atoms with van der Waals surface area (Å²) in [6.07, 6.45) is 0. The molecule has 0 fully saturated rings. The summed E-state index contributed by atoms with van der Waals surface area (Å²) in [5.41, 5.74) is 9.96. The predicted octanol–water partition coefficient (Wildman–Crippen LogP) is 9.37. The first kappa shape index (κ1) is 25.5. The van der Waals surface area contributed by atoms with Crippen LogP contribution < -0.4 is 0 Å². The molecule has 2 aromatic heterocycles. The molecule has 0 aliphatic carbocycles. The third kappa shape index (κ3) is 5.06. The van der Waals surface area contributed by atoms with Gasteiger partial charge in [-0.3, -0.25) is 0 Å².